The minimum absolute atomic E-state index is 0.239. The molecule has 0 unspecified atom stereocenters. The molecule has 0 aliphatic carbocycles. The summed E-state index contributed by atoms with van der Waals surface area (Å²) >= 11 is 6.17. The molecule has 3 nitrogen and oxygen atoms in total. The SMILES string of the molecule is COc1ccc2nc(Cl)c(C=CC(=O)c3ccc(F)cc3)cc2c1. The van der Waals surface area contributed by atoms with Gasteiger partial charge in [-0.25, -0.2) is 9.37 Å². The lowest BCUT2D eigenvalue weighted by atomic mass is 10.1. The summed E-state index contributed by atoms with van der Waals surface area (Å²) in [5.74, 6) is 0.0898. The van der Waals surface area contributed by atoms with Crippen LogP contribution in [0.4, 0.5) is 4.39 Å². The topological polar surface area (TPSA) is 39.2 Å². The number of methoxy groups -OCH3 is 1. The molecule has 0 radical (unpaired) electrons. The van der Waals surface area contributed by atoms with E-state index in [1.165, 1.54) is 30.3 Å². The minimum atomic E-state index is -0.383. The van der Waals surface area contributed by atoms with Crippen LogP contribution in [0, 0.1) is 5.82 Å². The van der Waals surface area contributed by atoms with Crippen molar-refractivity contribution in [1.82, 2.24) is 4.98 Å². The quantitative estimate of drug-likeness (QED) is 0.383. The van der Waals surface area contributed by atoms with E-state index in [-0.39, 0.29) is 11.6 Å². The van der Waals surface area contributed by atoms with Crippen LogP contribution in [0.2, 0.25) is 5.15 Å². The molecule has 0 saturated carbocycles. The van der Waals surface area contributed by atoms with Crippen LogP contribution < -0.4 is 4.74 Å². The van der Waals surface area contributed by atoms with Crippen LogP contribution in [0.1, 0.15) is 15.9 Å². The van der Waals surface area contributed by atoms with Gasteiger partial charge in [-0.3, -0.25) is 4.79 Å². The van der Waals surface area contributed by atoms with Crippen LogP contribution in [0.25, 0.3) is 17.0 Å². The zero-order valence-corrected chi connectivity index (χ0v) is 13.5. The zero-order chi connectivity index (χ0) is 17.1. The second-order valence-corrected chi connectivity index (χ2v) is 5.49. The van der Waals surface area contributed by atoms with E-state index in [0.29, 0.717) is 22.0 Å². The number of hydrogen-bond acceptors (Lipinski definition) is 3. The largest absolute Gasteiger partial charge is 0.497 e. The van der Waals surface area contributed by atoms with Crippen molar-refractivity contribution in [3.8, 4) is 5.75 Å². The number of ketones is 1. The third-order valence-corrected chi connectivity index (χ3v) is 3.85. The van der Waals surface area contributed by atoms with Crippen LogP contribution in [0.15, 0.2) is 54.6 Å². The van der Waals surface area contributed by atoms with Crippen molar-refractivity contribution in [3.05, 3.63) is 76.7 Å². The predicted octanol–water partition coefficient (Wildman–Crippen LogP) is 4.93. The van der Waals surface area contributed by atoms with E-state index >= 15 is 0 Å². The van der Waals surface area contributed by atoms with E-state index in [0.717, 1.165) is 10.9 Å². The Morgan fingerprint density at radius 1 is 1.17 bits per heavy atom. The number of fused-ring (bicyclic) bond motifs is 1. The molecule has 0 amide bonds. The van der Waals surface area contributed by atoms with E-state index in [4.69, 9.17) is 16.3 Å². The number of hydrogen-bond donors (Lipinski definition) is 0. The van der Waals surface area contributed by atoms with Crippen molar-refractivity contribution in [1.29, 1.82) is 0 Å². The highest BCUT2D eigenvalue weighted by Gasteiger charge is 2.06. The van der Waals surface area contributed by atoms with Gasteiger partial charge in [-0.1, -0.05) is 11.6 Å². The molecule has 0 bridgehead atoms. The Hall–Kier alpha value is -2.72. The monoisotopic (exact) mass is 341 g/mol. The molecule has 1 aromatic heterocycles. The Labute approximate surface area is 143 Å². The number of pyridine rings is 1. The van der Waals surface area contributed by atoms with Gasteiger partial charge >= 0.3 is 0 Å². The minimum Gasteiger partial charge on any atom is -0.497 e. The molecule has 0 fully saturated rings. The fourth-order valence-corrected chi connectivity index (χ4v) is 2.48. The number of nitrogens with zero attached hydrogens (tertiary/aromatic N) is 1. The number of carbonyl (C=O) groups excluding carboxylic acids is 1. The van der Waals surface area contributed by atoms with E-state index in [1.54, 1.807) is 19.3 Å². The van der Waals surface area contributed by atoms with E-state index in [2.05, 4.69) is 4.98 Å². The van der Waals surface area contributed by atoms with Crippen molar-refractivity contribution in [2.24, 2.45) is 0 Å². The number of benzene rings is 2. The fourth-order valence-electron chi connectivity index (χ4n) is 2.27. The van der Waals surface area contributed by atoms with Crippen LogP contribution in [-0.4, -0.2) is 17.9 Å². The molecule has 0 saturated heterocycles. The van der Waals surface area contributed by atoms with Crippen molar-refractivity contribution in [3.63, 3.8) is 0 Å². The lowest BCUT2D eigenvalue weighted by Gasteiger charge is -2.05. The van der Waals surface area contributed by atoms with E-state index in [9.17, 15) is 9.18 Å². The summed E-state index contributed by atoms with van der Waals surface area (Å²) in [7, 11) is 1.59. The maximum absolute atomic E-state index is 12.9. The summed E-state index contributed by atoms with van der Waals surface area (Å²) in [6.45, 7) is 0. The summed E-state index contributed by atoms with van der Waals surface area (Å²) in [6.07, 6.45) is 2.99. The molecule has 120 valence electrons. The van der Waals surface area contributed by atoms with Crippen molar-refractivity contribution < 1.29 is 13.9 Å². The van der Waals surface area contributed by atoms with Gasteiger partial charge in [0.25, 0.3) is 0 Å². The summed E-state index contributed by atoms with van der Waals surface area (Å²) in [5, 5.41) is 1.16. The van der Waals surface area contributed by atoms with Crippen LogP contribution in [0.3, 0.4) is 0 Å². The highest BCUT2D eigenvalue weighted by molar-refractivity contribution is 6.31. The van der Waals surface area contributed by atoms with Gasteiger partial charge in [-0.05, 0) is 60.7 Å². The van der Waals surface area contributed by atoms with Crippen molar-refractivity contribution >= 4 is 34.4 Å². The Morgan fingerprint density at radius 3 is 2.62 bits per heavy atom. The van der Waals surface area contributed by atoms with E-state index < -0.39 is 0 Å². The van der Waals surface area contributed by atoms with Gasteiger partial charge in [0.2, 0.25) is 0 Å². The van der Waals surface area contributed by atoms with Crippen molar-refractivity contribution in [2.75, 3.05) is 7.11 Å². The molecule has 0 N–H and O–H groups in total. The Bertz CT molecular complexity index is 936. The van der Waals surface area contributed by atoms with E-state index in [1.807, 2.05) is 18.2 Å². The van der Waals surface area contributed by atoms with Crippen LogP contribution in [0.5, 0.6) is 5.75 Å². The number of aromatic nitrogens is 1. The maximum Gasteiger partial charge on any atom is 0.185 e. The van der Waals surface area contributed by atoms with Gasteiger partial charge in [0.15, 0.2) is 5.78 Å². The molecular formula is C19H13ClFNO2. The molecule has 5 heteroatoms. The lowest BCUT2D eigenvalue weighted by Crippen LogP contribution is -1.94. The highest BCUT2D eigenvalue weighted by atomic mass is 35.5. The van der Waals surface area contributed by atoms with Crippen molar-refractivity contribution in [2.45, 2.75) is 0 Å². The highest BCUT2D eigenvalue weighted by Crippen LogP contribution is 2.25. The Kier molecular flexibility index (Phi) is 4.58. The lowest BCUT2D eigenvalue weighted by molar-refractivity contribution is 0.104. The second-order valence-electron chi connectivity index (χ2n) is 5.13. The first-order chi connectivity index (χ1) is 11.6. The normalized spacial score (nSPS) is 11.1. The first-order valence-corrected chi connectivity index (χ1v) is 7.57. The summed E-state index contributed by atoms with van der Waals surface area (Å²) < 4.78 is 18.1. The molecule has 1 heterocycles. The first-order valence-electron chi connectivity index (χ1n) is 7.19. The summed E-state index contributed by atoms with van der Waals surface area (Å²) in [6, 6.07) is 12.7. The van der Waals surface area contributed by atoms with Gasteiger partial charge in [-0.15, -0.1) is 0 Å². The molecular weight excluding hydrogens is 329 g/mol. The Balaban J connectivity index is 1.92. The number of halogens is 2. The van der Waals surface area contributed by atoms with Gasteiger partial charge in [0.1, 0.15) is 16.7 Å². The van der Waals surface area contributed by atoms with Crippen LogP contribution in [-0.2, 0) is 0 Å². The number of carbonyl (C=O) groups is 1. The van der Waals surface area contributed by atoms with Gasteiger partial charge in [-0.2, -0.15) is 0 Å². The number of allylic oxidation sites excluding steroid dienone is 1. The average Bonchev–Trinajstić information content (AvgIpc) is 2.60. The molecule has 0 atom stereocenters. The molecule has 0 spiro atoms. The third kappa shape index (κ3) is 3.44. The average molecular weight is 342 g/mol. The Morgan fingerprint density at radius 2 is 1.92 bits per heavy atom. The smallest absolute Gasteiger partial charge is 0.185 e. The second kappa shape index (κ2) is 6.81. The molecule has 3 aromatic rings. The third-order valence-electron chi connectivity index (χ3n) is 3.55. The molecule has 0 aliphatic heterocycles. The molecule has 3 rings (SSSR count). The number of ether oxygens (including phenoxy) is 1. The number of rotatable bonds is 4. The van der Waals surface area contributed by atoms with Gasteiger partial charge in [0, 0.05) is 16.5 Å². The first kappa shape index (κ1) is 16.1. The predicted molar refractivity (Wildman–Crippen MR) is 93.1 cm³/mol. The van der Waals surface area contributed by atoms with Gasteiger partial charge < -0.3 is 4.74 Å². The van der Waals surface area contributed by atoms with Gasteiger partial charge in [0.05, 0.1) is 12.6 Å². The maximum atomic E-state index is 12.9. The molecule has 24 heavy (non-hydrogen) atoms. The standard InChI is InChI=1S/C19H13ClFNO2/c1-24-16-7-8-17-14(11-16)10-13(19(20)22-17)4-9-18(23)12-2-5-15(21)6-3-12/h2-11H,1H3. The summed E-state index contributed by atoms with van der Waals surface area (Å²) in [5.41, 5.74) is 1.76. The summed E-state index contributed by atoms with van der Waals surface area (Å²) in [4.78, 5) is 16.4. The zero-order valence-electron chi connectivity index (χ0n) is 12.8. The van der Waals surface area contributed by atoms with Crippen LogP contribution >= 0.6 is 11.6 Å². The fraction of sp³-hybridized carbons (Fsp3) is 0.0526. The molecule has 2 aromatic carbocycles. The molecule has 0 aliphatic rings.